The highest BCUT2D eigenvalue weighted by atomic mass is 35.5. The standard InChI is InChI=1S/C11H19N.ClH/c1-10-4-3-7-12(8-10)9-11-5-2-6-11;/h4,11H,2-3,5-9H2,1H3;1H. The third-order valence-corrected chi connectivity index (χ3v) is 3.15. The zero-order valence-corrected chi connectivity index (χ0v) is 9.28. The molecule has 0 radical (unpaired) electrons. The third kappa shape index (κ3) is 2.99. The van der Waals surface area contributed by atoms with Crippen LogP contribution in [0, 0.1) is 5.92 Å². The van der Waals surface area contributed by atoms with Crippen LogP contribution in [0.1, 0.15) is 32.6 Å². The first kappa shape index (κ1) is 11.1. The molecule has 0 N–H and O–H groups in total. The van der Waals surface area contributed by atoms with Crippen molar-refractivity contribution < 1.29 is 0 Å². The SMILES string of the molecule is CC1=CCCN(CC2CCC2)C1.Cl. The molecule has 0 saturated heterocycles. The van der Waals surface area contributed by atoms with E-state index < -0.39 is 0 Å². The molecule has 0 aromatic carbocycles. The monoisotopic (exact) mass is 201 g/mol. The van der Waals surface area contributed by atoms with Gasteiger partial charge in [-0.15, -0.1) is 12.4 Å². The first-order valence-corrected chi connectivity index (χ1v) is 5.22. The summed E-state index contributed by atoms with van der Waals surface area (Å²) < 4.78 is 0. The highest BCUT2D eigenvalue weighted by molar-refractivity contribution is 5.85. The largest absolute Gasteiger partial charge is 0.299 e. The Balaban J connectivity index is 0.000000845. The number of hydrogen-bond donors (Lipinski definition) is 0. The van der Waals surface area contributed by atoms with Gasteiger partial charge in [0.2, 0.25) is 0 Å². The smallest absolute Gasteiger partial charge is 0.0190 e. The van der Waals surface area contributed by atoms with Gasteiger partial charge in [-0.3, -0.25) is 4.90 Å². The van der Waals surface area contributed by atoms with E-state index in [1.807, 2.05) is 0 Å². The van der Waals surface area contributed by atoms with Gasteiger partial charge < -0.3 is 0 Å². The Hall–Kier alpha value is -0.0100. The van der Waals surface area contributed by atoms with E-state index in [4.69, 9.17) is 0 Å². The first-order chi connectivity index (χ1) is 5.84. The summed E-state index contributed by atoms with van der Waals surface area (Å²) in [5.74, 6) is 1.04. The van der Waals surface area contributed by atoms with Crippen LogP contribution >= 0.6 is 12.4 Å². The lowest BCUT2D eigenvalue weighted by atomic mass is 9.85. The van der Waals surface area contributed by atoms with Gasteiger partial charge >= 0.3 is 0 Å². The van der Waals surface area contributed by atoms with Crippen LogP contribution in [0.25, 0.3) is 0 Å². The van der Waals surface area contributed by atoms with Crippen molar-refractivity contribution >= 4 is 12.4 Å². The second-order valence-corrected chi connectivity index (χ2v) is 4.37. The van der Waals surface area contributed by atoms with Gasteiger partial charge in [0, 0.05) is 19.6 Å². The van der Waals surface area contributed by atoms with Crippen molar-refractivity contribution in [1.29, 1.82) is 0 Å². The minimum absolute atomic E-state index is 0. The van der Waals surface area contributed by atoms with Crippen LogP contribution in [0.4, 0.5) is 0 Å². The van der Waals surface area contributed by atoms with E-state index in [1.165, 1.54) is 45.3 Å². The molecule has 2 rings (SSSR count). The topological polar surface area (TPSA) is 3.24 Å². The quantitative estimate of drug-likeness (QED) is 0.622. The number of hydrogen-bond acceptors (Lipinski definition) is 1. The van der Waals surface area contributed by atoms with Gasteiger partial charge in [-0.2, -0.15) is 0 Å². The van der Waals surface area contributed by atoms with Crippen LogP contribution in [0.15, 0.2) is 11.6 Å². The highest BCUT2D eigenvalue weighted by Crippen LogP contribution is 2.27. The van der Waals surface area contributed by atoms with Gasteiger partial charge in [0.15, 0.2) is 0 Å². The van der Waals surface area contributed by atoms with Crippen molar-refractivity contribution in [2.75, 3.05) is 19.6 Å². The Labute approximate surface area is 87.6 Å². The summed E-state index contributed by atoms with van der Waals surface area (Å²) in [4.78, 5) is 2.62. The Morgan fingerprint density at radius 1 is 1.46 bits per heavy atom. The van der Waals surface area contributed by atoms with Gasteiger partial charge in [0.25, 0.3) is 0 Å². The van der Waals surface area contributed by atoms with Crippen LogP contribution in [0.5, 0.6) is 0 Å². The van der Waals surface area contributed by atoms with Crippen molar-refractivity contribution in [3.05, 3.63) is 11.6 Å². The van der Waals surface area contributed by atoms with E-state index >= 15 is 0 Å². The fraction of sp³-hybridized carbons (Fsp3) is 0.818. The number of halogens is 1. The fourth-order valence-electron chi connectivity index (χ4n) is 2.19. The van der Waals surface area contributed by atoms with E-state index in [2.05, 4.69) is 17.9 Å². The Morgan fingerprint density at radius 3 is 2.77 bits per heavy atom. The van der Waals surface area contributed by atoms with E-state index in [1.54, 1.807) is 5.57 Å². The molecule has 13 heavy (non-hydrogen) atoms. The van der Waals surface area contributed by atoms with E-state index in [9.17, 15) is 0 Å². The molecule has 0 atom stereocenters. The highest BCUT2D eigenvalue weighted by Gasteiger charge is 2.21. The maximum absolute atomic E-state index is 2.62. The summed E-state index contributed by atoms with van der Waals surface area (Å²) in [6, 6.07) is 0. The molecule has 0 unspecified atom stereocenters. The lowest BCUT2D eigenvalue weighted by Crippen LogP contribution is -2.36. The van der Waals surface area contributed by atoms with Crippen molar-refractivity contribution in [3.63, 3.8) is 0 Å². The molecule has 0 aromatic heterocycles. The van der Waals surface area contributed by atoms with Gasteiger partial charge in [0.1, 0.15) is 0 Å². The second-order valence-electron chi connectivity index (χ2n) is 4.37. The average molecular weight is 202 g/mol. The predicted molar refractivity (Wildman–Crippen MR) is 59.4 cm³/mol. The normalized spacial score (nSPS) is 24.5. The summed E-state index contributed by atoms with van der Waals surface area (Å²) in [5, 5.41) is 0. The van der Waals surface area contributed by atoms with Crippen LogP contribution < -0.4 is 0 Å². The van der Waals surface area contributed by atoms with Crippen molar-refractivity contribution in [2.45, 2.75) is 32.6 Å². The van der Waals surface area contributed by atoms with Crippen LogP contribution in [0.3, 0.4) is 0 Å². The van der Waals surface area contributed by atoms with Crippen molar-refractivity contribution in [2.24, 2.45) is 5.92 Å². The van der Waals surface area contributed by atoms with E-state index in [-0.39, 0.29) is 12.4 Å². The molecule has 1 heterocycles. The Morgan fingerprint density at radius 2 is 2.23 bits per heavy atom. The third-order valence-electron chi connectivity index (χ3n) is 3.15. The molecule has 2 heteroatoms. The van der Waals surface area contributed by atoms with Gasteiger partial charge in [0.05, 0.1) is 0 Å². The van der Waals surface area contributed by atoms with Gasteiger partial charge in [-0.25, -0.2) is 0 Å². The van der Waals surface area contributed by atoms with Crippen molar-refractivity contribution in [1.82, 2.24) is 4.90 Å². The zero-order valence-electron chi connectivity index (χ0n) is 8.46. The molecule has 0 aromatic rings. The summed E-state index contributed by atoms with van der Waals surface area (Å²) >= 11 is 0. The fourth-order valence-corrected chi connectivity index (χ4v) is 2.19. The van der Waals surface area contributed by atoms with Crippen molar-refractivity contribution in [3.8, 4) is 0 Å². The summed E-state index contributed by atoms with van der Waals surface area (Å²) in [5.41, 5.74) is 1.57. The summed E-state index contributed by atoms with van der Waals surface area (Å²) in [6.45, 7) is 6.16. The molecule has 2 aliphatic rings. The zero-order chi connectivity index (χ0) is 8.39. The number of nitrogens with zero attached hydrogens (tertiary/aromatic N) is 1. The minimum atomic E-state index is 0. The summed E-state index contributed by atoms with van der Waals surface area (Å²) in [7, 11) is 0. The second kappa shape index (κ2) is 5.02. The molecule has 1 fully saturated rings. The first-order valence-electron chi connectivity index (χ1n) is 5.22. The molecule has 1 nitrogen and oxygen atoms in total. The lowest BCUT2D eigenvalue weighted by molar-refractivity contribution is 0.185. The molecule has 0 spiro atoms. The average Bonchev–Trinajstić information content (AvgIpc) is 1.97. The maximum atomic E-state index is 2.62. The molecule has 0 bridgehead atoms. The van der Waals surface area contributed by atoms with Gasteiger partial charge in [-0.05, 0) is 32.1 Å². The molecule has 0 amide bonds. The van der Waals surface area contributed by atoms with Crippen LogP contribution in [-0.2, 0) is 0 Å². The molecule has 1 saturated carbocycles. The van der Waals surface area contributed by atoms with E-state index in [0.29, 0.717) is 0 Å². The molecule has 1 aliphatic carbocycles. The molecule has 76 valence electrons. The number of rotatable bonds is 2. The predicted octanol–water partition coefficient (Wildman–Crippen LogP) is 2.86. The molecule has 1 aliphatic heterocycles. The Bertz CT molecular complexity index is 185. The maximum Gasteiger partial charge on any atom is 0.0190 e. The molecular weight excluding hydrogens is 182 g/mol. The van der Waals surface area contributed by atoms with E-state index in [0.717, 1.165) is 5.92 Å². The summed E-state index contributed by atoms with van der Waals surface area (Å²) in [6.07, 6.45) is 8.11. The lowest BCUT2D eigenvalue weighted by Gasteiger charge is -2.34. The molecular formula is C11H20ClN. The van der Waals surface area contributed by atoms with Crippen LogP contribution in [0.2, 0.25) is 0 Å². The minimum Gasteiger partial charge on any atom is -0.299 e. The van der Waals surface area contributed by atoms with Gasteiger partial charge in [-0.1, -0.05) is 18.1 Å². The van der Waals surface area contributed by atoms with Crippen LogP contribution in [-0.4, -0.2) is 24.5 Å². The Kier molecular flexibility index (Phi) is 4.27.